The van der Waals surface area contributed by atoms with Crippen LogP contribution in [0.15, 0.2) is 99.4 Å². The average Bonchev–Trinajstić information content (AvgIpc) is 3.40. The quantitative estimate of drug-likeness (QED) is 0.364. The van der Waals surface area contributed by atoms with Crippen LogP contribution in [0.2, 0.25) is 0 Å². The zero-order valence-corrected chi connectivity index (χ0v) is 21.3. The summed E-state index contributed by atoms with van der Waals surface area (Å²) >= 11 is 0. The minimum Gasteiger partial charge on any atom is -0.402 e. The van der Waals surface area contributed by atoms with Gasteiger partial charge in [0.2, 0.25) is 5.56 Å². The van der Waals surface area contributed by atoms with Crippen molar-refractivity contribution >= 4 is 17.5 Å². The third-order valence-electron chi connectivity index (χ3n) is 6.55. The first kappa shape index (κ1) is 24.6. The smallest absolute Gasteiger partial charge is 0.317 e. The molecule has 0 bridgehead atoms. The van der Waals surface area contributed by atoms with Gasteiger partial charge >= 0.3 is 6.01 Å². The minimum absolute atomic E-state index is 0.00645. The Morgan fingerprint density at radius 3 is 2.58 bits per heavy atom. The number of nitrogens with one attached hydrogen (secondary N) is 1. The third kappa shape index (κ3) is 4.68. The molecule has 2 aromatic carbocycles. The van der Waals surface area contributed by atoms with Crippen LogP contribution in [-0.2, 0) is 18.3 Å². The number of ketones is 1. The molecule has 3 aromatic heterocycles. The van der Waals surface area contributed by atoms with E-state index in [0.29, 0.717) is 28.1 Å². The number of nitriles is 1. The molecule has 0 radical (unpaired) electrons. The number of anilines is 1. The third-order valence-corrected chi connectivity index (χ3v) is 6.55. The molecule has 0 fully saturated rings. The first-order valence-corrected chi connectivity index (χ1v) is 12.4. The normalized spacial score (nSPS) is 14.6. The summed E-state index contributed by atoms with van der Waals surface area (Å²) in [5.41, 5.74) is 5.00. The van der Waals surface area contributed by atoms with Crippen LogP contribution in [-0.4, -0.2) is 37.4 Å². The van der Waals surface area contributed by atoms with E-state index in [2.05, 4.69) is 26.6 Å². The molecule has 40 heavy (non-hydrogen) atoms. The summed E-state index contributed by atoms with van der Waals surface area (Å²) in [4.78, 5) is 34.4. The largest absolute Gasteiger partial charge is 0.402 e. The molecule has 0 aliphatic carbocycles. The predicted molar refractivity (Wildman–Crippen MR) is 148 cm³/mol. The molecule has 0 saturated carbocycles. The van der Waals surface area contributed by atoms with Crippen molar-refractivity contribution in [3.8, 4) is 28.8 Å². The van der Waals surface area contributed by atoms with E-state index in [1.807, 2.05) is 54.6 Å². The van der Waals surface area contributed by atoms with Crippen LogP contribution in [0.1, 0.15) is 22.3 Å². The molecule has 1 aliphatic heterocycles. The molecular formula is C30H21N7O3. The highest BCUT2D eigenvalue weighted by Gasteiger charge is 2.27. The highest BCUT2D eigenvalue weighted by molar-refractivity contribution is 6.16. The van der Waals surface area contributed by atoms with Crippen molar-refractivity contribution in [2.75, 3.05) is 5.32 Å². The van der Waals surface area contributed by atoms with Crippen LogP contribution in [0.25, 0.3) is 22.7 Å². The van der Waals surface area contributed by atoms with Gasteiger partial charge in [-0.05, 0) is 17.7 Å². The van der Waals surface area contributed by atoms with Crippen LogP contribution >= 0.6 is 0 Å². The van der Waals surface area contributed by atoms with Crippen molar-refractivity contribution in [1.29, 1.82) is 5.26 Å². The highest BCUT2D eigenvalue weighted by Crippen LogP contribution is 2.31. The van der Waals surface area contributed by atoms with Gasteiger partial charge in [0.1, 0.15) is 11.8 Å². The Kier molecular flexibility index (Phi) is 6.30. The van der Waals surface area contributed by atoms with Gasteiger partial charge in [-0.3, -0.25) is 14.6 Å². The number of carbonyl (C=O) groups is 1. The molecule has 10 heteroatoms. The van der Waals surface area contributed by atoms with E-state index in [4.69, 9.17) is 9.41 Å². The first-order chi connectivity index (χ1) is 19.5. The molecule has 4 heterocycles. The Labute approximate surface area is 228 Å². The van der Waals surface area contributed by atoms with Crippen molar-refractivity contribution in [2.24, 2.45) is 12.0 Å². The van der Waals surface area contributed by atoms with E-state index in [9.17, 15) is 14.9 Å². The first-order valence-electron chi connectivity index (χ1n) is 12.4. The standard InChI is InChI=1S/C30H21N7O3/c1-37-17-21(11-12-25(37)39)23-13-18(15-31)16-32-27(23)29-35-36-30(40-29)34-28-24(38)14-20-9-5-6-10-22(20)26(33-28)19-7-3-2-4-8-19/h2-13,16-17,28H,14H2,1H3,(H,34,36)/t28-/m1/s1. The van der Waals surface area contributed by atoms with Crippen molar-refractivity contribution in [3.05, 3.63) is 118 Å². The van der Waals surface area contributed by atoms with Crippen LogP contribution < -0.4 is 10.9 Å². The number of carbonyl (C=O) groups excluding carboxylic acids is 1. The number of hydrogen-bond acceptors (Lipinski definition) is 9. The highest BCUT2D eigenvalue weighted by atomic mass is 16.4. The lowest BCUT2D eigenvalue weighted by atomic mass is 9.96. The fourth-order valence-corrected chi connectivity index (χ4v) is 4.56. The van der Waals surface area contributed by atoms with Gasteiger partial charge in [-0.25, -0.2) is 4.98 Å². The Morgan fingerprint density at radius 1 is 0.975 bits per heavy atom. The van der Waals surface area contributed by atoms with Crippen molar-refractivity contribution in [3.63, 3.8) is 0 Å². The molecule has 1 atom stereocenters. The zero-order valence-electron chi connectivity index (χ0n) is 21.3. The van der Waals surface area contributed by atoms with E-state index in [1.54, 1.807) is 25.4 Å². The fraction of sp³-hybridized carbons (Fsp3) is 0.100. The number of Topliss-reactive ketones (excluding diaryl/α,β-unsaturated/α-hetero) is 1. The molecule has 1 aliphatic rings. The molecular weight excluding hydrogens is 506 g/mol. The summed E-state index contributed by atoms with van der Waals surface area (Å²) in [7, 11) is 1.63. The number of fused-ring (bicyclic) bond motifs is 1. The molecule has 0 amide bonds. The maximum absolute atomic E-state index is 13.3. The summed E-state index contributed by atoms with van der Waals surface area (Å²) in [6.07, 6.45) is 2.26. The molecule has 0 unspecified atom stereocenters. The predicted octanol–water partition coefficient (Wildman–Crippen LogP) is 3.77. The fourth-order valence-electron chi connectivity index (χ4n) is 4.56. The van der Waals surface area contributed by atoms with Gasteiger partial charge in [-0.1, -0.05) is 59.7 Å². The summed E-state index contributed by atoms with van der Waals surface area (Å²) in [5, 5.41) is 20.7. The Morgan fingerprint density at radius 2 is 1.77 bits per heavy atom. The number of aryl methyl sites for hydroxylation is 1. The molecule has 10 nitrogen and oxygen atoms in total. The van der Waals surface area contributed by atoms with Gasteiger partial charge in [-0.2, -0.15) is 5.26 Å². The summed E-state index contributed by atoms with van der Waals surface area (Å²) < 4.78 is 7.33. The Balaban J connectivity index is 1.37. The minimum atomic E-state index is -0.965. The maximum atomic E-state index is 13.3. The number of rotatable bonds is 5. The second-order valence-electron chi connectivity index (χ2n) is 9.20. The van der Waals surface area contributed by atoms with Crippen LogP contribution in [0.5, 0.6) is 0 Å². The average molecular weight is 528 g/mol. The molecule has 0 saturated heterocycles. The van der Waals surface area contributed by atoms with Gasteiger partial charge in [0.15, 0.2) is 11.9 Å². The lowest BCUT2D eigenvalue weighted by Gasteiger charge is -2.12. The van der Waals surface area contributed by atoms with E-state index in [0.717, 1.165) is 16.7 Å². The van der Waals surface area contributed by atoms with E-state index in [1.165, 1.54) is 16.8 Å². The molecule has 1 N–H and O–H groups in total. The lowest BCUT2D eigenvalue weighted by molar-refractivity contribution is -0.119. The zero-order chi connectivity index (χ0) is 27.6. The number of aliphatic imine (C=N–C) groups is 1. The van der Waals surface area contributed by atoms with Gasteiger partial charge < -0.3 is 14.3 Å². The van der Waals surface area contributed by atoms with Gasteiger partial charge in [0.05, 0.1) is 11.3 Å². The summed E-state index contributed by atoms with van der Waals surface area (Å²) in [6.45, 7) is 0. The monoisotopic (exact) mass is 527 g/mol. The van der Waals surface area contributed by atoms with Crippen molar-refractivity contribution in [1.82, 2.24) is 19.7 Å². The number of benzene rings is 2. The number of nitrogens with zero attached hydrogens (tertiary/aromatic N) is 6. The van der Waals surface area contributed by atoms with E-state index >= 15 is 0 Å². The Hall–Kier alpha value is -5.69. The van der Waals surface area contributed by atoms with Crippen LogP contribution in [0, 0.1) is 11.3 Å². The van der Waals surface area contributed by atoms with Gasteiger partial charge in [-0.15, -0.1) is 5.10 Å². The lowest BCUT2D eigenvalue weighted by Crippen LogP contribution is -2.29. The molecule has 5 aromatic rings. The number of hydrogen-bond donors (Lipinski definition) is 1. The van der Waals surface area contributed by atoms with E-state index in [-0.39, 0.29) is 29.7 Å². The van der Waals surface area contributed by atoms with Gasteiger partial charge in [0, 0.05) is 54.2 Å². The number of aromatic nitrogens is 4. The molecule has 194 valence electrons. The molecule has 6 rings (SSSR count). The van der Waals surface area contributed by atoms with Crippen molar-refractivity contribution < 1.29 is 9.21 Å². The van der Waals surface area contributed by atoms with Crippen LogP contribution in [0.3, 0.4) is 0 Å². The summed E-state index contributed by atoms with van der Waals surface area (Å²) in [5.74, 6) is -0.0759. The second-order valence-corrected chi connectivity index (χ2v) is 9.20. The van der Waals surface area contributed by atoms with E-state index < -0.39 is 6.17 Å². The SMILES string of the molecule is Cn1cc(-c2cc(C#N)cnc2-c2nnc(N[C@H]3N=C(c4ccccc4)c4ccccc4CC3=O)o2)ccc1=O. The molecule has 0 spiro atoms. The Bertz CT molecular complexity index is 1880. The summed E-state index contributed by atoms with van der Waals surface area (Å²) in [6, 6.07) is 24.2. The van der Waals surface area contributed by atoms with Gasteiger partial charge in [0.25, 0.3) is 5.89 Å². The number of pyridine rings is 2. The van der Waals surface area contributed by atoms with Crippen molar-refractivity contribution in [2.45, 2.75) is 12.6 Å². The second kappa shape index (κ2) is 10.2. The van der Waals surface area contributed by atoms with Crippen LogP contribution in [0.4, 0.5) is 6.01 Å². The maximum Gasteiger partial charge on any atom is 0.317 e. The topological polar surface area (TPSA) is 139 Å².